The SMILES string of the molecule is O=c1c2ccccc2nc(C2CNC2)n1-c1ccc(F)cc1. The van der Waals surface area contributed by atoms with Gasteiger partial charge in [-0.3, -0.25) is 9.36 Å². The maximum Gasteiger partial charge on any atom is 0.265 e. The van der Waals surface area contributed by atoms with Crippen molar-refractivity contribution < 1.29 is 4.39 Å². The smallest absolute Gasteiger partial charge is 0.265 e. The molecule has 0 spiro atoms. The molecule has 0 unspecified atom stereocenters. The average Bonchev–Trinajstić information content (AvgIpc) is 2.47. The molecule has 0 aliphatic carbocycles. The van der Waals surface area contributed by atoms with E-state index >= 15 is 0 Å². The van der Waals surface area contributed by atoms with Crippen LogP contribution in [0.25, 0.3) is 16.6 Å². The number of hydrogen-bond acceptors (Lipinski definition) is 3. The van der Waals surface area contributed by atoms with Gasteiger partial charge in [-0.05, 0) is 36.4 Å². The van der Waals surface area contributed by atoms with Crippen LogP contribution in [-0.2, 0) is 0 Å². The van der Waals surface area contributed by atoms with Crippen molar-refractivity contribution in [3.05, 3.63) is 70.5 Å². The third-order valence-electron chi connectivity index (χ3n) is 4.03. The number of halogens is 1. The minimum atomic E-state index is -0.322. The van der Waals surface area contributed by atoms with Gasteiger partial charge in [0, 0.05) is 19.0 Å². The zero-order chi connectivity index (χ0) is 15.1. The molecule has 4 rings (SSSR count). The van der Waals surface area contributed by atoms with E-state index in [-0.39, 0.29) is 17.3 Å². The first-order valence-corrected chi connectivity index (χ1v) is 7.22. The van der Waals surface area contributed by atoms with Crippen molar-refractivity contribution >= 4 is 10.9 Å². The number of aromatic nitrogens is 2. The summed E-state index contributed by atoms with van der Waals surface area (Å²) in [7, 11) is 0. The van der Waals surface area contributed by atoms with Crippen molar-refractivity contribution in [2.45, 2.75) is 5.92 Å². The Kier molecular flexibility index (Phi) is 3.01. The molecule has 2 aromatic carbocycles. The number of nitrogens with one attached hydrogen (secondary N) is 1. The number of hydrogen-bond donors (Lipinski definition) is 1. The van der Waals surface area contributed by atoms with Gasteiger partial charge in [0.2, 0.25) is 0 Å². The highest BCUT2D eigenvalue weighted by Gasteiger charge is 2.25. The van der Waals surface area contributed by atoms with Crippen molar-refractivity contribution in [3.8, 4) is 5.69 Å². The second-order valence-corrected chi connectivity index (χ2v) is 5.46. The van der Waals surface area contributed by atoms with Gasteiger partial charge in [0.1, 0.15) is 11.6 Å². The summed E-state index contributed by atoms with van der Waals surface area (Å²) in [6.45, 7) is 1.60. The van der Waals surface area contributed by atoms with E-state index in [1.807, 2.05) is 18.2 Å². The van der Waals surface area contributed by atoms with E-state index in [0.717, 1.165) is 18.9 Å². The fourth-order valence-electron chi connectivity index (χ4n) is 2.73. The van der Waals surface area contributed by atoms with Crippen molar-refractivity contribution in [2.75, 3.05) is 13.1 Å². The van der Waals surface area contributed by atoms with E-state index in [4.69, 9.17) is 0 Å². The molecule has 0 atom stereocenters. The Morgan fingerprint density at radius 3 is 2.50 bits per heavy atom. The molecule has 0 saturated carbocycles. The molecule has 110 valence electrons. The number of para-hydroxylation sites is 1. The van der Waals surface area contributed by atoms with Crippen LogP contribution in [0.2, 0.25) is 0 Å². The predicted octanol–water partition coefficient (Wildman–Crippen LogP) is 2.21. The van der Waals surface area contributed by atoms with Crippen LogP contribution in [0.5, 0.6) is 0 Å². The minimum Gasteiger partial charge on any atom is -0.315 e. The highest BCUT2D eigenvalue weighted by Crippen LogP contribution is 2.22. The van der Waals surface area contributed by atoms with E-state index in [1.165, 1.54) is 12.1 Å². The van der Waals surface area contributed by atoms with Crippen molar-refractivity contribution in [2.24, 2.45) is 0 Å². The summed E-state index contributed by atoms with van der Waals surface area (Å²) in [5, 5.41) is 3.77. The fraction of sp³-hybridized carbons (Fsp3) is 0.176. The summed E-state index contributed by atoms with van der Waals surface area (Å²) >= 11 is 0. The molecule has 1 fully saturated rings. The molecular weight excluding hydrogens is 281 g/mol. The summed E-state index contributed by atoms with van der Waals surface area (Å²) in [6.07, 6.45) is 0. The van der Waals surface area contributed by atoms with Crippen LogP contribution in [0.15, 0.2) is 53.3 Å². The molecule has 22 heavy (non-hydrogen) atoms. The molecule has 5 heteroatoms. The van der Waals surface area contributed by atoms with E-state index < -0.39 is 0 Å². The van der Waals surface area contributed by atoms with Crippen LogP contribution < -0.4 is 10.9 Å². The molecule has 2 heterocycles. The first kappa shape index (κ1) is 13.2. The normalized spacial score (nSPS) is 15.0. The Morgan fingerprint density at radius 1 is 1.09 bits per heavy atom. The molecule has 3 aromatic rings. The van der Waals surface area contributed by atoms with Crippen LogP contribution in [0.4, 0.5) is 4.39 Å². The van der Waals surface area contributed by atoms with Gasteiger partial charge in [-0.15, -0.1) is 0 Å². The van der Waals surface area contributed by atoms with Crippen LogP contribution in [0, 0.1) is 5.82 Å². The first-order chi connectivity index (χ1) is 10.7. The summed E-state index contributed by atoms with van der Waals surface area (Å²) in [6, 6.07) is 13.3. The Labute approximate surface area is 126 Å². The quantitative estimate of drug-likeness (QED) is 0.788. The molecule has 1 aliphatic rings. The summed E-state index contributed by atoms with van der Waals surface area (Å²) in [5.41, 5.74) is 1.23. The summed E-state index contributed by atoms with van der Waals surface area (Å²) in [5.74, 6) is 0.605. The van der Waals surface area contributed by atoms with Crippen molar-refractivity contribution in [1.82, 2.24) is 14.9 Å². The van der Waals surface area contributed by atoms with Gasteiger partial charge in [0.25, 0.3) is 5.56 Å². The van der Waals surface area contributed by atoms with Crippen LogP contribution in [0.3, 0.4) is 0 Å². The van der Waals surface area contributed by atoms with Crippen molar-refractivity contribution in [1.29, 1.82) is 0 Å². The van der Waals surface area contributed by atoms with Gasteiger partial charge in [-0.2, -0.15) is 0 Å². The highest BCUT2D eigenvalue weighted by atomic mass is 19.1. The Balaban J connectivity index is 2.03. The lowest BCUT2D eigenvalue weighted by molar-refractivity contribution is 0.422. The lowest BCUT2D eigenvalue weighted by Gasteiger charge is -2.29. The van der Waals surface area contributed by atoms with Gasteiger partial charge in [0.15, 0.2) is 0 Å². The highest BCUT2D eigenvalue weighted by molar-refractivity contribution is 5.77. The summed E-state index contributed by atoms with van der Waals surface area (Å²) < 4.78 is 14.8. The zero-order valence-corrected chi connectivity index (χ0v) is 11.8. The van der Waals surface area contributed by atoms with Crippen molar-refractivity contribution in [3.63, 3.8) is 0 Å². The van der Waals surface area contributed by atoms with Crippen LogP contribution >= 0.6 is 0 Å². The van der Waals surface area contributed by atoms with Gasteiger partial charge in [-0.1, -0.05) is 12.1 Å². The van der Waals surface area contributed by atoms with E-state index in [9.17, 15) is 9.18 Å². The maximum atomic E-state index is 13.2. The molecule has 1 aliphatic heterocycles. The summed E-state index contributed by atoms with van der Waals surface area (Å²) in [4.78, 5) is 17.6. The van der Waals surface area contributed by atoms with Gasteiger partial charge in [0.05, 0.1) is 16.6 Å². The molecule has 1 aromatic heterocycles. The third-order valence-corrected chi connectivity index (χ3v) is 4.03. The number of benzene rings is 2. The number of fused-ring (bicyclic) bond motifs is 1. The maximum absolute atomic E-state index is 13.2. The van der Waals surface area contributed by atoms with E-state index in [1.54, 1.807) is 22.8 Å². The molecular formula is C17H14FN3O. The Bertz CT molecular complexity index is 898. The molecule has 0 radical (unpaired) electrons. The lowest BCUT2D eigenvalue weighted by atomic mass is 10.0. The molecule has 1 saturated heterocycles. The second kappa shape index (κ2) is 5.03. The molecule has 0 bridgehead atoms. The lowest BCUT2D eigenvalue weighted by Crippen LogP contribution is -2.43. The number of rotatable bonds is 2. The van der Waals surface area contributed by atoms with E-state index in [2.05, 4.69) is 10.3 Å². The zero-order valence-electron chi connectivity index (χ0n) is 11.8. The second-order valence-electron chi connectivity index (χ2n) is 5.46. The Hall–Kier alpha value is -2.53. The molecule has 1 N–H and O–H groups in total. The Morgan fingerprint density at radius 2 is 1.82 bits per heavy atom. The fourth-order valence-corrected chi connectivity index (χ4v) is 2.73. The van der Waals surface area contributed by atoms with Crippen LogP contribution in [0.1, 0.15) is 11.7 Å². The van der Waals surface area contributed by atoms with Gasteiger partial charge in [-0.25, -0.2) is 9.37 Å². The predicted molar refractivity (Wildman–Crippen MR) is 82.9 cm³/mol. The third kappa shape index (κ3) is 2.02. The topological polar surface area (TPSA) is 46.9 Å². The molecule has 0 amide bonds. The minimum absolute atomic E-state index is 0.112. The first-order valence-electron chi connectivity index (χ1n) is 7.22. The average molecular weight is 295 g/mol. The van der Waals surface area contributed by atoms with E-state index in [0.29, 0.717) is 16.6 Å². The monoisotopic (exact) mass is 295 g/mol. The van der Waals surface area contributed by atoms with Crippen LogP contribution in [-0.4, -0.2) is 22.6 Å². The van der Waals surface area contributed by atoms with Gasteiger partial charge < -0.3 is 5.32 Å². The largest absolute Gasteiger partial charge is 0.315 e. The molecule has 4 nitrogen and oxygen atoms in total. The van der Waals surface area contributed by atoms with Gasteiger partial charge >= 0.3 is 0 Å². The standard InChI is InChI=1S/C17H14FN3O/c18-12-5-7-13(8-6-12)21-16(11-9-19-10-11)20-15-4-2-1-3-14(15)17(21)22/h1-8,11,19H,9-10H2. The number of nitrogens with zero attached hydrogens (tertiary/aromatic N) is 2.